The number of hydrogen-bond donors (Lipinski definition) is 1. The van der Waals surface area contributed by atoms with Crippen molar-refractivity contribution in [1.82, 2.24) is 0 Å². The van der Waals surface area contributed by atoms with Crippen molar-refractivity contribution in [3.8, 4) is 0 Å². The summed E-state index contributed by atoms with van der Waals surface area (Å²) in [5.74, 6) is -0.0232. The van der Waals surface area contributed by atoms with E-state index in [1.54, 1.807) is 6.08 Å². The molecule has 62 valence electrons. The average Bonchev–Trinajstić information content (AvgIpc) is 1.87. The van der Waals surface area contributed by atoms with Gasteiger partial charge in [-0.1, -0.05) is 18.2 Å². The maximum Gasteiger partial charge on any atom is 0.218 e. The third-order valence-corrected chi connectivity index (χ3v) is 1.40. The molecule has 0 rings (SSSR count). The van der Waals surface area contributed by atoms with Crippen molar-refractivity contribution in [3.63, 3.8) is 0 Å². The van der Waals surface area contributed by atoms with Crippen molar-refractivity contribution in [2.24, 2.45) is 11.7 Å². The van der Waals surface area contributed by atoms with E-state index < -0.39 is 0 Å². The average molecular weight is 153 g/mol. The van der Waals surface area contributed by atoms with E-state index in [0.717, 1.165) is 6.42 Å². The number of rotatable bonds is 5. The van der Waals surface area contributed by atoms with Crippen LogP contribution in [0.4, 0.5) is 0 Å². The number of carbonyl (C=O) groups is 1. The minimum absolute atomic E-state index is 0.231. The first-order valence-corrected chi connectivity index (χ1v) is 3.72. The molecule has 0 spiro atoms. The second-order valence-electron chi connectivity index (χ2n) is 2.48. The molecule has 0 saturated heterocycles. The molecule has 11 heavy (non-hydrogen) atoms. The molecule has 0 aromatic heterocycles. The van der Waals surface area contributed by atoms with Crippen LogP contribution in [-0.2, 0) is 4.79 Å². The highest BCUT2D eigenvalue weighted by atomic mass is 16.1. The maximum atomic E-state index is 10.5. The Labute approximate surface area is 67.8 Å². The van der Waals surface area contributed by atoms with Crippen LogP contribution in [0.3, 0.4) is 0 Å². The molecule has 1 amide bonds. The Balaban J connectivity index is 3.87. The Morgan fingerprint density at radius 2 is 2.36 bits per heavy atom. The lowest BCUT2D eigenvalue weighted by atomic mass is 10.0. The quantitative estimate of drug-likeness (QED) is 0.599. The molecule has 2 N–H and O–H groups in total. The molecule has 0 saturated carbocycles. The highest BCUT2D eigenvalue weighted by molar-refractivity contribution is 5.74. The van der Waals surface area contributed by atoms with Crippen molar-refractivity contribution in [2.45, 2.75) is 19.8 Å². The van der Waals surface area contributed by atoms with Gasteiger partial charge >= 0.3 is 0 Å². The molecule has 2 nitrogen and oxygen atoms in total. The van der Waals surface area contributed by atoms with Crippen LogP contribution in [0.2, 0.25) is 0 Å². The van der Waals surface area contributed by atoms with Crippen LogP contribution < -0.4 is 5.73 Å². The molecule has 1 atom stereocenters. The van der Waals surface area contributed by atoms with E-state index in [1.807, 2.05) is 19.1 Å². The van der Waals surface area contributed by atoms with Crippen LogP contribution in [0.5, 0.6) is 0 Å². The highest BCUT2D eigenvalue weighted by Crippen LogP contribution is 2.09. The third kappa shape index (κ3) is 5.40. The Morgan fingerprint density at radius 3 is 2.73 bits per heavy atom. The zero-order valence-electron chi connectivity index (χ0n) is 6.92. The highest BCUT2D eigenvalue weighted by Gasteiger charge is 2.05. The molecule has 0 aliphatic carbocycles. The summed E-state index contributed by atoms with van der Waals surface area (Å²) in [7, 11) is 0. The van der Waals surface area contributed by atoms with Gasteiger partial charge in [-0.05, 0) is 19.3 Å². The first kappa shape index (κ1) is 9.95. The summed E-state index contributed by atoms with van der Waals surface area (Å²) in [4.78, 5) is 10.5. The van der Waals surface area contributed by atoms with Crippen LogP contribution in [0.1, 0.15) is 19.8 Å². The van der Waals surface area contributed by atoms with Crippen LogP contribution in [0.25, 0.3) is 0 Å². The Hall–Kier alpha value is -1.05. The van der Waals surface area contributed by atoms with E-state index in [4.69, 9.17) is 5.73 Å². The SMILES string of the molecule is C=CC[C@@H](/C=C\C)CC(N)=O. The second kappa shape index (κ2) is 5.71. The number of primary amides is 1. The summed E-state index contributed by atoms with van der Waals surface area (Å²) in [6.07, 6.45) is 6.93. The summed E-state index contributed by atoms with van der Waals surface area (Å²) in [5.41, 5.74) is 5.05. The number of nitrogens with two attached hydrogens (primary N) is 1. The molecule has 0 fully saturated rings. The largest absolute Gasteiger partial charge is 0.370 e. The molecule has 0 radical (unpaired) electrons. The molecule has 0 aliphatic heterocycles. The first-order chi connectivity index (χ1) is 5.20. The van der Waals surface area contributed by atoms with E-state index in [1.165, 1.54) is 0 Å². The minimum Gasteiger partial charge on any atom is -0.370 e. The van der Waals surface area contributed by atoms with E-state index in [-0.39, 0.29) is 11.8 Å². The summed E-state index contributed by atoms with van der Waals surface area (Å²) in [5, 5.41) is 0. The predicted octanol–water partition coefficient (Wildman–Crippen LogP) is 1.63. The standard InChI is InChI=1S/C9H15NO/c1-3-5-8(6-4-2)7-9(10)11/h3-4,6,8H,1,5,7H2,2H3,(H2,10,11)/b6-4-/t8-/m0/s1. The van der Waals surface area contributed by atoms with Gasteiger partial charge in [-0.25, -0.2) is 0 Å². The zero-order chi connectivity index (χ0) is 8.69. The lowest BCUT2D eigenvalue weighted by Crippen LogP contribution is -2.14. The smallest absolute Gasteiger partial charge is 0.218 e. The molecule has 0 bridgehead atoms. The monoisotopic (exact) mass is 153 g/mol. The van der Waals surface area contributed by atoms with Crippen molar-refractivity contribution in [3.05, 3.63) is 24.8 Å². The van der Waals surface area contributed by atoms with Gasteiger partial charge < -0.3 is 5.73 Å². The molecule has 0 unspecified atom stereocenters. The fourth-order valence-electron chi connectivity index (χ4n) is 0.975. The predicted molar refractivity (Wildman–Crippen MR) is 46.9 cm³/mol. The van der Waals surface area contributed by atoms with Gasteiger partial charge in [-0.2, -0.15) is 0 Å². The maximum absolute atomic E-state index is 10.5. The van der Waals surface area contributed by atoms with Crippen LogP contribution in [-0.4, -0.2) is 5.91 Å². The van der Waals surface area contributed by atoms with E-state index >= 15 is 0 Å². The fraction of sp³-hybridized carbons (Fsp3) is 0.444. The van der Waals surface area contributed by atoms with Gasteiger partial charge in [0.2, 0.25) is 5.91 Å². The fourth-order valence-corrected chi connectivity index (χ4v) is 0.975. The number of allylic oxidation sites excluding steroid dienone is 3. The van der Waals surface area contributed by atoms with Gasteiger partial charge in [0.05, 0.1) is 0 Å². The summed E-state index contributed by atoms with van der Waals surface area (Å²) >= 11 is 0. The van der Waals surface area contributed by atoms with Gasteiger partial charge in [0, 0.05) is 6.42 Å². The van der Waals surface area contributed by atoms with E-state index in [9.17, 15) is 4.79 Å². The van der Waals surface area contributed by atoms with Crippen molar-refractivity contribution in [2.75, 3.05) is 0 Å². The van der Waals surface area contributed by atoms with Gasteiger partial charge in [-0.15, -0.1) is 6.58 Å². The van der Waals surface area contributed by atoms with Gasteiger partial charge in [0.25, 0.3) is 0 Å². The number of hydrogen-bond acceptors (Lipinski definition) is 1. The normalized spacial score (nSPS) is 13.2. The molecule has 2 heteroatoms. The van der Waals surface area contributed by atoms with Gasteiger partial charge in [0.1, 0.15) is 0 Å². The van der Waals surface area contributed by atoms with Crippen LogP contribution in [0.15, 0.2) is 24.8 Å². The topological polar surface area (TPSA) is 43.1 Å². The van der Waals surface area contributed by atoms with Gasteiger partial charge in [-0.3, -0.25) is 4.79 Å². The molecule has 0 aliphatic rings. The number of amides is 1. The van der Waals surface area contributed by atoms with Crippen LogP contribution >= 0.6 is 0 Å². The Kier molecular flexibility index (Phi) is 5.17. The lowest BCUT2D eigenvalue weighted by Gasteiger charge is -2.05. The third-order valence-electron chi connectivity index (χ3n) is 1.40. The summed E-state index contributed by atoms with van der Waals surface area (Å²) in [6, 6.07) is 0. The van der Waals surface area contributed by atoms with Gasteiger partial charge in [0.15, 0.2) is 0 Å². The molecule has 0 heterocycles. The summed E-state index contributed by atoms with van der Waals surface area (Å²) in [6.45, 7) is 5.53. The lowest BCUT2D eigenvalue weighted by molar-refractivity contribution is -0.118. The van der Waals surface area contributed by atoms with Crippen LogP contribution in [0, 0.1) is 5.92 Å². The summed E-state index contributed by atoms with van der Waals surface area (Å²) < 4.78 is 0. The number of carbonyl (C=O) groups excluding carboxylic acids is 1. The van der Waals surface area contributed by atoms with E-state index in [0.29, 0.717) is 6.42 Å². The molecule has 0 aromatic rings. The zero-order valence-corrected chi connectivity index (χ0v) is 6.92. The second-order valence-corrected chi connectivity index (χ2v) is 2.48. The van der Waals surface area contributed by atoms with Crippen molar-refractivity contribution in [1.29, 1.82) is 0 Å². The Morgan fingerprint density at radius 1 is 1.73 bits per heavy atom. The first-order valence-electron chi connectivity index (χ1n) is 3.72. The Bertz CT molecular complexity index is 161. The molecular formula is C9H15NO. The molecular weight excluding hydrogens is 138 g/mol. The van der Waals surface area contributed by atoms with E-state index in [2.05, 4.69) is 6.58 Å². The van der Waals surface area contributed by atoms with Crippen molar-refractivity contribution < 1.29 is 4.79 Å². The molecule has 0 aromatic carbocycles. The minimum atomic E-state index is -0.255. The van der Waals surface area contributed by atoms with Crippen molar-refractivity contribution >= 4 is 5.91 Å².